The number of halogens is 1. The fraction of sp³-hybridized carbons (Fsp3) is 0.133. The van der Waals surface area contributed by atoms with Gasteiger partial charge in [0.2, 0.25) is 5.91 Å². The van der Waals surface area contributed by atoms with Crippen LogP contribution >= 0.6 is 23.4 Å². The number of carbonyl (C=O) groups is 1. The molecule has 3 rings (SSSR count). The van der Waals surface area contributed by atoms with Crippen molar-refractivity contribution in [2.45, 2.75) is 5.37 Å². The molecule has 1 aliphatic rings. The van der Waals surface area contributed by atoms with Crippen LogP contribution in [0.1, 0.15) is 10.9 Å². The minimum atomic E-state index is -0.0655. The number of phenolic OH excluding ortho intramolecular Hbond substituents is 1. The summed E-state index contributed by atoms with van der Waals surface area (Å²) in [6.45, 7) is 0. The third kappa shape index (κ3) is 2.49. The highest BCUT2D eigenvalue weighted by atomic mass is 35.5. The van der Waals surface area contributed by atoms with E-state index in [9.17, 15) is 9.90 Å². The van der Waals surface area contributed by atoms with Crippen LogP contribution in [0.3, 0.4) is 0 Å². The summed E-state index contributed by atoms with van der Waals surface area (Å²) in [6, 6.07) is 14.2. The summed E-state index contributed by atoms with van der Waals surface area (Å²) in [5.74, 6) is 0.755. The van der Waals surface area contributed by atoms with E-state index in [0.29, 0.717) is 10.8 Å². The highest BCUT2D eigenvalue weighted by molar-refractivity contribution is 8.00. The van der Waals surface area contributed by atoms with Crippen molar-refractivity contribution in [3.05, 3.63) is 59.1 Å². The lowest BCUT2D eigenvalue weighted by atomic mass is 10.2. The molecule has 1 amide bonds. The van der Waals surface area contributed by atoms with Crippen LogP contribution in [0.5, 0.6) is 5.75 Å². The summed E-state index contributed by atoms with van der Waals surface area (Å²) in [6.07, 6.45) is 0. The number of anilines is 1. The van der Waals surface area contributed by atoms with Crippen LogP contribution in [0, 0.1) is 0 Å². The Morgan fingerprint density at radius 3 is 2.40 bits per heavy atom. The molecule has 1 fully saturated rings. The van der Waals surface area contributed by atoms with Gasteiger partial charge in [-0.25, -0.2) is 0 Å². The predicted octanol–water partition coefficient (Wildman–Crippen LogP) is 3.82. The second kappa shape index (κ2) is 5.38. The lowest BCUT2D eigenvalue weighted by Crippen LogP contribution is -2.27. The molecule has 0 aliphatic carbocycles. The molecule has 1 saturated heterocycles. The van der Waals surface area contributed by atoms with Crippen molar-refractivity contribution >= 4 is 35.0 Å². The van der Waals surface area contributed by atoms with Crippen LogP contribution in [-0.4, -0.2) is 16.8 Å². The largest absolute Gasteiger partial charge is 0.508 e. The number of benzene rings is 2. The van der Waals surface area contributed by atoms with E-state index in [1.807, 2.05) is 24.3 Å². The predicted molar refractivity (Wildman–Crippen MR) is 82.2 cm³/mol. The summed E-state index contributed by atoms with van der Waals surface area (Å²) in [5.41, 5.74) is 1.83. The molecule has 5 heteroatoms. The average Bonchev–Trinajstić information content (AvgIpc) is 2.83. The van der Waals surface area contributed by atoms with Crippen LogP contribution in [0.25, 0.3) is 0 Å². The number of hydrogen-bond donors (Lipinski definition) is 1. The summed E-state index contributed by atoms with van der Waals surface area (Å²) in [7, 11) is 0. The Bertz CT molecular complexity index is 627. The Hall–Kier alpha value is -1.65. The van der Waals surface area contributed by atoms with Crippen molar-refractivity contribution in [3.63, 3.8) is 0 Å². The van der Waals surface area contributed by atoms with E-state index >= 15 is 0 Å². The molecular formula is C15H12ClNO2S. The lowest BCUT2D eigenvalue weighted by Gasteiger charge is -2.24. The summed E-state index contributed by atoms with van der Waals surface area (Å²) in [5, 5.41) is 9.94. The third-order valence-electron chi connectivity index (χ3n) is 3.15. The zero-order chi connectivity index (χ0) is 14.1. The fourth-order valence-corrected chi connectivity index (χ4v) is 3.49. The Morgan fingerprint density at radius 1 is 1.10 bits per heavy atom. The van der Waals surface area contributed by atoms with Crippen LogP contribution in [0.4, 0.5) is 5.69 Å². The van der Waals surface area contributed by atoms with E-state index < -0.39 is 0 Å². The molecule has 0 saturated carbocycles. The summed E-state index contributed by atoms with van der Waals surface area (Å²) < 4.78 is 0. The van der Waals surface area contributed by atoms with Gasteiger partial charge in [0.05, 0.1) is 5.75 Å². The van der Waals surface area contributed by atoms with Gasteiger partial charge in [-0.2, -0.15) is 0 Å². The first kappa shape index (κ1) is 13.3. The maximum absolute atomic E-state index is 12.1. The highest BCUT2D eigenvalue weighted by Crippen LogP contribution is 2.42. The second-order valence-electron chi connectivity index (χ2n) is 4.50. The van der Waals surface area contributed by atoms with Crippen LogP contribution in [-0.2, 0) is 4.79 Å². The van der Waals surface area contributed by atoms with Gasteiger partial charge in [-0.1, -0.05) is 23.7 Å². The van der Waals surface area contributed by atoms with E-state index in [2.05, 4.69) is 0 Å². The van der Waals surface area contributed by atoms with E-state index in [0.717, 1.165) is 11.3 Å². The molecule has 1 heterocycles. The highest BCUT2D eigenvalue weighted by Gasteiger charge is 2.33. The molecule has 0 aromatic heterocycles. The molecule has 0 bridgehead atoms. The van der Waals surface area contributed by atoms with Gasteiger partial charge < -0.3 is 5.11 Å². The second-order valence-corrected chi connectivity index (χ2v) is 6.00. The minimum absolute atomic E-state index is 0.0655. The number of hydrogen-bond acceptors (Lipinski definition) is 3. The Balaban J connectivity index is 1.96. The number of aromatic hydroxyl groups is 1. The van der Waals surface area contributed by atoms with Crippen molar-refractivity contribution in [2.75, 3.05) is 10.7 Å². The average molecular weight is 306 g/mol. The van der Waals surface area contributed by atoms with Crippen molar-refractivity contribution in [1.29, 1.82) is 0 Å². The van der Waals surface area contributed by atoms with Gasteiger partial charge >= 0.3 is 0 Å². The van der Waals surface area contributed by atoms with E-state index in [-0.39, 0.29) is 17.0 Å². The maximum atomic E-state index is 12.1. The Morgan fingerprint density at radius 2 is 1.75 bits per heavy atom. The summed E-state index contributed by atoms with van der Waals surface area (Å²) in [4.78, 5) is 13.9. The number of rotatable bonds is 2. The van der Waals surface area contributed by atoms with Crippen molar-refractivity contribution < 1.29 is 9.90 Å². The molecule has 1 atom stereocenters. The third-order valence-corrected chi connectivity index (χ3v) is 4.62. The topological polar surface area (TPSA) is 40.5 Å². The molecule has 2 aromatic rings. The monoisotopic (exact) mass is 305 g/mol. The molecular weight excluding hydrogens is 294 g/mol. The minimum Gasteiger partial charge on any atom is -0.508 e. The summed E-state index contributed by atoms with van der Waals surface area (Å²) >= 11 is 7.47. The van der Waals surface area contributed by atoms with Crippen LogP contribution in [0.15, 0.2) is 48.5 Å². The van der Waals surface area contributed by atoms with Crippen LogP contribution < -0.4 is 4.90 Å². The van der Waals surface area contributed by atoms with Gasteiger partial charge in [0, 0.05) is 10.7 Å². The van der Waals surface area contributed by atoms with E-state index in [1.165, 1.54) is 0 Å². The van der Waals surface area contributed by atoms with Gasteiger partial charge in [0.1, 0.15) is 11.1 Å². The van der Waals surface area contributed by atoms with Gasteiger partial charge in [0.15, 0.2) is 0 Å². The zero-order valence-corrected chi connectivity index (χ0v) is 12.1. The number of phenols is 1. The molecule has 1 aliphatic heterocycles. The van der Waals surface area contributed by atoms with Gasteiger partial charge in [0.25, 0.3) is 0 Å². The van der Waals surface area contributed by atoms with Gasteiger partial charge in [-0.3, -0.25) is 9.69 Å². The molecule has 0 unspecified atom stereocenters. The van der Waals surface area contributed by atoms with E-state index in [4.69, 9.17) is 11.6 Å². The fourth-order valence-electron chi connectivity index (χ4n) is 2.19. The molecule has 20 heavy (non-hydrogen) atoms. The SMILES string of the molecule is O=C1CS[C@H](c2ccc(O)cc2)N1c1ccc(Cl)cc1. The van der Waals surface area contributed by atoms with Crippen molar-refractivity contribution in [3.8, 4) is 5.75 Å². The number of carbonyl (C=O) groups excluding carboxylic acids is 1. The lowest BCUT2D eigenvalue weighted by molar-refractivity contribution is -0.115. The Labute approximate surface area is 126 Å². The first-order chi connectivity index (χ1) is 9.65. The van der Waals surface area contributed by atoms with Gasteiger partial charge in [-0.15, -0.1) is 11.8 Å². The number of nitrogens with zero attached hydrogens (tertiary/aromatic N) is 1. The molecule has 102 valence electrons. The standard InChI is InChI=1S/C15H12ClNO2S/c16-11-3-5-12(6-4-11)17-14(19)9-20-15(17)10-1-7-13(18)8-2-10/h1-8,15,18H,9H2/t15-/m1/s1. The van der Waals surface area contributed by atoms with E-state index in [1.54, 1.807) is 40.9 Å². The molecule has 1 N–H and O–H groups in total. The molecule has 2 aromatic carbocycles. The number of thioether (sulfide) groups is 1. The molecule has 0 radical (unpaired) electrons. The zero-order valence-electron chi connectivity index (χ0n) is 10.5. The van der Waals surface area contributed by atoms with Crippen molar-refractivity contribution in [1.82, 2.24) is 0 Å². The smallest absolute Gasteiger partial charge is 0.238 e. The van der Waals surface area contributed by atoms with Crippen molar-refractivity contribution in [2.24, 2.45) is 0 Å². The van der Waals surface area contributed by atoms with Gasteiger partial charge in [-0.05, 0) is 42.0 Å². The Kier molecular flexibility index (Phi) is 3.59. The first-order valence-corrected chi connectivity index (χ1v) is 7.56. The number of amides is 1. The maximum Gasteiger partial charge on any atom is 0.238 e. The normalized spacial score (nSPS) is 18.6. The first-order valence-electron chi connectivity index (χ1n) is 6.13. The van der Waals surface area contributed by atoms with Crippen LogP contribution in [0.2, 0.25) is 5.02 Å². The molecule has 0 spiro atoms. The quantitative estimate of drug-likeness (QED) is 0.917. The molecule has 3 nitrogen and oxygen atoms in total.